The smallest absolute Gasteiger partial charge is 0.253 e. The van der Waals surface area contributed by atoms with Crippen LogP contribution in [0.5, 0.6) is 0 Å². The molecule has 5 nitrogen and oxygen atoms in total. The van der Waals surface area contributed by atoms with E-state index < -0.39 is 6.10 Å². The molecule has 1 aliphatic heterocycles. The van der Waals surface area contributed by atoms with Gasteiger partial charge >= 0.3 is 0 Å². The maximum atomic E-state index is 13.1. The Balaban J connectivity index is 1.51. The molecule has 1 aliphatic rings. The topological polar surface area (TPSA) is 67.4 Å². The molecule has 0 spiro atoms. The summed E-state index contributed by atoms with van der Waals surface area (Å²) in [5.41, 5.74) is 3.38. The van der Waals surface area contributed by atoms with Crippen LogP contribution in [0, 0.1) is 0 Å². The number of nitrogens with one attached hydrogen (secondary N) is 2. The van der Waals surface area contributed by atoms with Gasteiger partial charge < -0.3 is 15.4 Å². The summed E-state index contributed by atoms with van der Waals surface area (Å²) in [6, 6.07) is 19.2. The number of carbonyl (C=O) groups is 2. The molecule has 1 aromatic heterocycles. The molecule has 6 heteroatoms. The number of hydrogen-bond donors (Lipinski definition) is 2. The van der Waals surface area contributed by atoms with E-state index in [0.717, 1.165) is 23.3 Å². The van der Waals surface area contributed by atoms with Crippen LogP contribution in [0.4, 0.5) is 5.69 Å². The van der Waals surface area contributed by atoms with Crippen molar-refractivity contribution in [1.29, 1.82) is 0 Å². The van der Waals surface area contributed by atoms with E-state index in [0.29, 0.717) is 23.8 Å². The average Bonchev–Trinajstić information content (AvgIpc) is 3.52. The molecule has 0 radical (unpaired) electrons. The predicted molar refractivity (Wildman–Crippen MR) is 128 cm³/mol. The minimum atomic E-state index is -0.412. The molecule has 0 bridgehead atoms. The Morgan fingerprint density at radius 1 is 1.03 bits per heavy atom. The van der Waals surface area contributed by atoms with Crippen LogP contribution in [0.2, 0.25) is 0 Å². The summed E-state index contributed by atoms with van der Waals surface area (Å²) in [5, 5.41) is 8.05. The van der Waals surface area contributed by atoms with Crippen molar-refractivity contribution in [3.05, 3.63) is 87.6 Å². The normalized spacial score (nSPS) is 16.7. The van der Waals surface area contributed by atoms with Crippen LogP contribution < -0.4 is 10.6 Å². The maximum Gasteiger partial charge on any atom is 0.253 e. The van der Waals surface area contributed by atoms with Crippen molar-refractivity contribution >= 4 is 28.8 Å². The molecule has 2 atom stereocenters. The number of benzene rings is 2. The molecule has 166 valence electrons. The highest BCUT2D eigenvalue weighted by atomic mass is 32.1. The van der Waals surface area contributed by atoms with Crippen LogP contribution in [0.1, 0.15) is 65.0 Å². The highest BCUT2D eigenvalue weighted by Gasteiger charge is 2.24. The Bertz CT molecular complexity index is 1050. The molecule has 3 aromatic rings. The number of carbonyl (C=O) groups excluding carboxylic acids is 2. The molecule has 2 aromatic carbocycles. The minimum absolute atomic E-state index is 0.165. The first-order valence-corrected chi connectivity index (χ1v) is 11.9. The third-order valence-electron chi connectivity index (χ3n) is 5.65. The van der Waals surface area contributed by atoms with Crippen LogP contribution in [0.25, 0.3) is 0 Å². The predicted octanol–water partition coefficient (Wildman–Crippen LogP) is 5.51. The molecule has 0 saturated carbocycles. The van der Waals surface area contributed by atoms with Gasteiger partial charge in [0.05, 0.1) is 6.04 Å². The third-order valence-corrected chi connectivity index (χ3v) is 6.59. The fourth-order valence-corrected chi connectivity index (χ4v) is 4.61. The summed E-state index contributed by atoms with van der Waals surface area (Å²) in [7, 11) is 0. The monoisotopic (exact) mass is 448 g/mol. The minimum Gasteiger partial charge on any atom is -0.368 e. The van der Waals surface area contributed by atoms with E-state index in [1.807, 2.05) is 17.5 Å². The number of anilines is 1. The van der Waals surface area contributed by atoms with Crippen LogP contribution in [-0.2, 0) is 9.53 Å². The molecular weight excluding hydrogens is 420 g/mol. The van der Waals surface area contributed by atoms with Crippen LogP contribution in [0.3, 0.4) is 0 Å². The fourth-order valence-electron chi connectivity index (χ4n) is 3.81. The molecule has 32 heavy (non-hydrogen) atoms. The largest absolute Gasteiger partial charge is 0.368 e. The first-order chi connectivity index (χ1) is 15.5. The lowest BCUT2D eigenvalue weighted by Gasteiger charge is -2.19. The SMILES string of the molecule is CC(C)c1ccc(C(NC(=O)c2cccc(NC(=O)C3CCCO3)c2)c2cccs2)cc1. The third kappa shape index (κ3) is 5.26. The second kappa shape index (κ2) is 10.1. The lowest BCUT2D eigenvalue weighted by atomic mass is 9.98. The lowest BCUT2D eigenvalue weighted by Crippen LogP contribution is -2.29. The summed E-state index contributed by atoms with van der Waals surface area (Å²) in [6.45, 7) is 4.94. The molecule has 2 N–H and O–H groups in total. The van der Waals surface area contributed by atoms with Gasteiger partial charge in [-0.05, 0) is 59.5 Å². The van der Waals surface area contributed by atoms with Crippen molar-refractivity contribution in [2.75, 3.05) is 11.9 Å². The van der Waals surface area contributed by atoms with E-state index in [-0.39, 0.29) is 17.9 Å². The summed E-state index contributed by atoms with van der Waals surface area (Å²) in [5.74, 6) is 0.0951. The molecule has 0 aliphatic carbocycles. The van der Waals surface area contributed by atoms with Gasteiger partial charge in [-0.25, -0.2) is 0 Å². The Hall–Kier alpha value is -2.96. The quantitative estimate of drug-likeness (QED) is 0.501. The molecule has 4 rings (SSSR count). The van der Waals surface area contributed by atoms with E-state index in [4.69, 9.17) is 4.74 Å². The lowest BCUT2D eigenvalue weighted by molar-refractivity contribution is -0.124. The molecular formula is C26H28N2O3S. The highest BCUT2D eigenvalue weighted by molar-refractivity contribution is 7.10. The van der Waals surface area contributed by atoms with Gasteiger partial charge in [0.15, 0.2) is 0 Å². The highest BCUT2D eigenvalue weighted by Crippen LogP contribution is 2.28. The van der Waals surface area contributed by atoms with Gasteiger partial charge in [0.1, 0.15) is 6.10 Å². The van der Waals surface area contributed by atoms with E-state index in [9.17, 15) is 9.59 Å². The van der Waals surface area contributed by atoms with E-state index in [1.54, 1.807) is 35.6 Å². The molecule has 1 saturated heterocycles. The van der Waals surface area contributed by atoms with Crippen molar-refractivity contribution in [3.63, 3.8) is 0 Å². The molecule has 1 fully saturated rings. The zero-order valence-electron chi connectivity index (χ0n) is 18.3. The summed E-state index contributed by atoms with van der Waals surface area (Å²) in [4.78, 5) is 26.6. The number of rotatable bonds is 7. The number of hydrogen-bond acceptors (Lipinski definition) is 4. The van der Waals surface area contributed by atoms with Gasteiger partial charge in [0.2, 0.25) is 0 Å². The van der Waals surface area contributed by atoms with Gasteiger partial charge in [-0.1, -0.05) is 50.2 Å². The second-order valence-electron chi connectivity index (χ2n) is 8.31. The Kier molecular flexibility index (Phi) is 7.02. The average molecular weight is 449 g/mol. The van der Waals surface area contributed by atoms with Gasteiger partial charge in [0, 0.05) is 22.7 Å². The Morgan fingerprint density at radius 2 is 1.81 bits per heavy atom. The van der Waals surface area contributed by atoms with E-state index >= 15 is 0 Å². The van der Waals surface area contributed by atoms with Gasteiger partial charge in [0.25, 0.3) is 11.8 Å². The summed E-state index contributed by atoms with van der Waals surface area (Å²) < 4.78 is 5.44. The molecule has 2 amide bonds. The van der Waals surface area contributed by atoms with Gasteiger partial charge in [-0.3, -0.25) is 9.59 Å². The summed E-state index contributed by atoms with van der Waals surface area (Å²) >= 11 is 1.61. The van der Waals surface area contributed by atoms with Crippen molar-refractivity contribution in [2.45, 2.75) is 44.8 Å². The maximum absolute atomic E-state index is 13.1. The van der Waals surface area contributed by atoms with Crippen LogP contribution in [-0.4, -0.2) is 24.5 Å². The zero-order valence-corrected chi connectivity index (χ0v) is 19.2. The number of amides is 2. The van der Waals surface area contributed by atoms with Gasteiger partial charge in [-0.2, -0.15) is 0 Å². The molecule has 2 unspecified atom stereocenters. The first-order valence-electron chi connectivity index (χ1n) is 11.0. The number of thiophene rings is 1. The van der Waals surface area contributed by atoms with Crippen molar-refractivity contribution < 1.29 is 14.3 Å². The fraction of sp³-hybridized carbons (Fsp3) is 0.308. The van der Waals surface area contributed by atoms with Crippen LogP contribution >= 0.6 is 11.3 Å². The number of ether oxygens (including phenoxy) is 1. The van der Waals surface area contributed by atoms with E-state index in [1.165, 1.54) is 5.56 Å². The molecule has 2 heterocycles. The van der Waals surface area contributed by atoms with Gasteiger partial charge in [-0.15, -0.1) is 11.3 Å². The Labute approximate surface area is 192 Å². The summed E-state index contributed by atoms with van der Waals surface area (Å²) in [6.07, 6.45) is 1.21. The second-order valence-corrected chi connectivity index (χ2v) is 9.29. The van der Waals surface area contributed by atoms with Crippen molar-refractivity contribution in [1.82, 2.24) is 5.32 Å². The zero-order chi connectivity index (χ0) is 22.5. The van der Waals surface area contributed by atoms with Crippen molar-refractivity contribution in [3.8, 4) is 0 Å². The first kappa shape index (κ1) is 22.2. The van der Waals surface area contributed by atoms with Crippen molar-refractivity contribution in [2.24, 2.45) is 0 Å². The van der Waals surface area contributed by atoms with Crippen LogP contribution in [0.15, 0.2) is 66.0 Å². The standard InChI is InChI=1S/C26H28N2O3S/c1-17(2)18-10-12-19(13-11-18)24(23-9-5-15-32-23)28-25(29)20-6-3-7-21(16-20)27-26(30)22-8-4-14-31-22/h3,5-7,9-13,15-17,22,24H,4,8,14H2,1-2H3,(H,27,30)(H,28,29). The Morgan fingerprint density at radius 3 is 2.47 bits per heavy atom. The van der Waals surface area contributed by atoms with E-state index in [2.05, 4.69) is 48.7 Å².